The van der Waals surface area contributed by atoms with E-state index in [4.69, 9.17) is 4.74 Å². The molecule has 168 valence electrons. The van der Waals surface area contributed by atoms with Gasteiger partial charge in [-0.1, -0.05) is 36.4 Å². The lowest BCUT2D eigenvalue weighted by molar-refractivity contribution is -0.126. The molecule has 1 fully saturated rings. The molecule has 0 bridgehead atoms. The van der Waals surface area contributed by atoms with Crippen LogP contribution in [0.25, 0.3) is 10.4 Å². The molecule has 5 nitrogen and oxygen atoms in total. The molecule has 1 aliphatic rings. The van der Waals surface area contributed by atoms with Crippen molar-refractivity contribution in [2.24, 2.45) is 5.92 Å². The third kappa shape index (κ3) is 5.40. The fraction of sp³-hybridized carbons (Fsp3) is 0.360. The van der Waals surface area contributed by atoms with E-state index in [2.05, 4.69) is 16.8 Å². The number of amides is 2. The third-order valence-corrected chi connectivity index (χ3v) is 7.74. The van der Waals surface area contributed by atoms with Gasteiger partial charge in [-0.15, -0.1) is 22.7 Å². The summed E-state index contributed by atoms with van der Waals surface area (Å²) >= 11 is 3.19. The lowest BCUT2D eigenvalue weighted by Crippen LogP contribution is -2.43. The van der Waals surface area contributed by atoms with Crippen LogP contribution >= 0.6 is 22.7 Å². The van der Waals surface area contributed by atoms with Gasteiger partial charge in [0.05, 0.1) is 6.61 Å². The number of ether oxygens (including phenoxy) is 1. The Kier molecular flexibility index (Phi) is 7.60. The van der Waals surface area contributed by atoms with Gasteiger partial charge in [0, 0.05) is 35.3 Å². The van der Waals surface area contributed by atoms with E-state index in [0.717, 1.165) is 16.9 Å². The average molecular weight is 469 g/mol. The predicted octanol–water partition coefficient (Wildman–Crippen LogP) is 5.09. The number of hydrogen-bond donors (Lipinski definition) is 1. The summed E-state index contributed by atoms with van der Waals surface area (Å²) in [4.78, 5) is 30.6. The highest BCUT2D eigenvalue weighted by Gasteiger charge is 2.30. The highest BCUT2D eigenvalue weighted by atomic mass is 32.1. The second kappa shape index (κ2) is 10.8. The molecule has 7 heteroatoms. The monoisotopic (exact) mass is 468 g/mol. The minimum Gasteiger partial charge on any atom is -0.492 e. The molecule has 0 aliphatic carbocycles. The molecule has 3 aromatic rings. The lowest BCUT2D eigenvalue weighted by atomic mass is 9.95. The van der Waals surface area contributed by atoms with Crippen LogP contribution in [-0.4, -0.2) is 43.0 Å². The molecule has 0 saturated carbocycles. The molecular formula is C25H28N2O3S2. The Morgan fingerprint density at radius 2 is 1.91 bits per heavy atom. The van der Waals surface area contributed by atoms with Crippen LogP contribution in [0.4, 0.5) is 0 Å². The maximum absolute atomic E-state index is 13.3. The van der Waals surface area contributed by atoms with E-state index in [1.165, 1.54) is 16.2 Å². The Morgan fingerprint density at radius 3 is 2.59 bits per heavy atom. The second-order valence-electron chi connectivity index (χ2n) is 7.79. The normalized spacial score (nSPS) is 14.3. The minimum absolute atomic E-state index is 0.00261. The standard InChI is InChI=1S/C25H28N2O3S2/c1-2-30-21-17-22(18-7-4-3-5-8-18)32-23(21)25(29)27-14-11-19(12-15-27)24(28)26-13-10-20-9-6-16-31-20/h3-9,16-17,19H,2,10-15H2,1H3,(H,26,28). The number of carbonyl (C=O) groups is 2. The first-order valence-electron chi connectivity index (χ1n) is 11.1. The van der Waals surface area contributed by atoms with Gasteiger partial charge in [-0.25, -0.2) is 0 Å². The van der Waals surface area contributed by atoms with Crippen LogP contribution in [-0.2, 0) is 11.2 Å². The number of rotatable bonds is 8. The Morgan fingerprint density at radius 1 is 1.12 bits per heavy atom. The first kappa shape index (κ1) is 22.6. The topological polar surface area (TPSA) is 58.6 Å². The lowest BCUT2D eigenvalue weighted by Gasteiger charge is -2.31. The number of carbonyl (C=O) groups excluding carboxylic acids is 2. The van der Waals surface area contributed by atoms with Crippen LogP contribution in [0.15, 0.2) is 53.9 Å². The van der Waals surface area contributed by atoms with Crippen molar-refractivity contribution in [3.05, 3.63) is 63.7 Å². The van der Waals surface area contributed by atoms with E-state index in [1.807, 2.05) is 54.3 Å². The van der Waals surface area contributed by atoms with Gasteiger partial charge in [-0.05, 0) is 49.3 Å². The summed E-state index contributed by atoms with van der Waals surface area (Å²) in [6, 6.07) is 16.1. The summed E-state index contributed by atoms with van der Waals surface area (Å²) in [7, 11) is 0. The SMILES string of the molecule is CCOc1cc(-c2ccccc2)sc1C(=O)N1CCC(C(=O)NCCc2cccs2)CC1. The summed E-state index contributed by atoms with van der Waals surface area (Å²) in [5.74, 6) is 0.718. The molecule has 2 amide bonds. The molecule has 0 spiro atoms. The van der Waals surface area contributed by atoms with Crippen molar-refractivity contribution in [3.63, 3.8) is 0 Å². The van der Waals surface area contributed by atoms with Gasteiger partial charge in [0.15, 0.2) is 0 Å². The van der Waals surface area contributed by atoms with Crippen LogP contribution in [0.1, 0.15) is 34.3 Å². The number of hydrogen-bond acceptors (Lipinski definition) is 5. The molecule has 0 unspecified atom stereocenters. The number of piperidine rings is 1. The van der Waals surface area contributed by atoms with E-state index < -0.39 is 0 Å². The van der Waals surface area contributed by atoms with Crippen LogP contribution in [0.2, 0.25) is 0 Å². The van der Waals surface area contributed by atoms with Gasteiger partial charge >= 0.3 is 0 Å². The molecule has 0 atom stereocenters. The van der Waals surface area contributed by atoms with E-state index in [0.29, 0.717) is 49.7 Å². The molecule has 1 saturated heterocycles. The quantitative estimate of drug-likeness (QED) is 0.501. The van der Waals surface area contributed by atoms with Crippen molar-refractivity contribution < 1.29 is 14.3 Å². The average Bonchev–Trinajstić information content (AvgIpc) is 3.50. The number of benzene rings is 1. The Labute approximate surface area is 197 Å². The molecule has 1 aromatic carbocycles. The van der Waals surface area contributed by atoms with Crippen molar-refractivity contribution in [2.45, 2.75) is 26.2 Å². The molecule has 3 heterocycles. The first-order chi connectivity index (χ1) is 15.7. The summed E-state index contributed by atoms with van der Waals surface area (Å²) in [5.41, 5.74) is 1.08. The predicted molar refractivity (Wildman–Crippen MR) is 131 cm³/mol. The van der Waals surface area contributed by atoms with Gasteiger partial charge < -0.3 is 15.0 Å². The Bertz CT molecular complexity index is 1020. The summed E-state index contributed by atoms with van der Waals surface area (Å²) in [5, 5.41) is 5.11. The molecule has 1 N–H and O–H groups in total. The maximum Gasteiger partial charge on any atom is 0.267 e. The summed E-state index contributed by atoms with van der Waals surface area (Å²) in [6.45, 7) is 4.28. The molecule has 2 aromatic heterocycles. The fourth-order valence-electron chi connectivity index (χ4n) is 3.93. The van der Waals surface area contributed by atoms with Gasteiger partial charge in [0.2, 0.25) is 5.91 Å². The summed E-state index contributed by atoms with van der Waals surface area (Å²) < 4.78 is 5.79. The fourth-order valence-corrected chi connectivity index (χ4v) is 5.71. The smallest absolute Gasteiger partial charge is 0.267 e. The zero-order valence-electron chi connectivity index (χ0n) is 18.2. The van der Waals surface area contributed by atoms with Crippen molar-refractivity contribution in [3.8, 4) is 16.2 Å². The molecular weight excluding hydrogens is 440 g/mol. The van der Waals surface area contributed by atoms with Gasteiger partial charge in [-0.3, -0.25) is 9.59 Å². The Hall–Kier alpha value is -2.64. The van der Waals surface area contributed by atoms with Crippen molar-refractivity contribution in [1.29, 1.82) is 0 Å². The highest BCUT2D eigenvalue weighted by molar-refractivity contribution is 7.17. The van der Waals surface area contributed by atoms with Crippen LogP contribution < -0.4 is 10.1 Å². The van der Waals surface area contributed by atoms with E-state index in [1.54, 1.807) is 11.3 Å². The van der Waals surface area contributed by atoms with Gasteiger partial charge in [0.1, 0.15) is 10.6 Å². The van der Waals surface area contributed by atoms with Gasteiger partial charge in [0.25, 0.3) is 5.91 Å². The minimum atomic E-state index is -0.0306. The second-order valence-corrected chi connectivity index (χ2v) is 9.87. The first-order valence-corrected chi connectivity index (χ1v) is 12.8. The highest BCUT2D eigenvalue weighted by Crippen LogP contribution is 2.37. The van der Waals surface area contributed by atoms with Crippen LogP contribution in [0.5, 0.6) is 5.75 Å². The van der Waals surface area contributed by atoms with Crippen LogP contribution in [0.3, 0.4) is 0 Å². The molecule has 1 aliphatic heterocycles. The van der Waals surface area contributed by atoms with E-state index in [-0.39, 0.29) is 17.7 Å². The van der Waals surface area contributed by atoms with Crippen molar-refractivity contribution in [1.82, 2.24) is 10.2 Å². The maximum atomic E-state index is 13.3. The number of likely N-dealkylation sites (tertiary alicyclic amines) is 1. The molecule has 0 radical (unpaired) electrons. The van der Waals surface area contributed by atoms with Crippen molar-refractivity contribution >= 4 is 34.5 Å². The number of thiophene rings is 2. The number of nitrogens with zero attached hydrogens (tertiary/aromatic N) is 1. The van der Waals surface area contributed by atoms with E-state index in [9.17, 15) is 9.59 Å². The third-order valence-electron chi connectivity index (χ3n) is 5.65. The Balaban J connectivity index is 1.34. The van der Waals surface area contributed by atoms with Crippen LogP contribution in [0, 0.1) is 5.92 Å². The molecule has 32 heavy (non-hydrogen) atoms. The zero-order valence-corrected chi connectivity index (χ0v) is 19.8. The zero-order chi connectivity index (χ0) is 22.3. The largest absolute Gasteiger partial charge is 0.492 e. The van der Waals surface area contributed by atoms with Crippen molar-refractivity contribution in [2.75, 3.05) is 26.2 Å². The summed E-state index contributed by atoms with van der Waals surface area (Å²) in [6.07, 6.45) is 2.25. The van der Waals surface area contributed by atoms with E-state index >= 15 is 0 Å². The number of nitrogens with one attached hydrogen (secondary N) is 1. The molecule has 4 rings (SSSR count). The van der Waals surface area contributed by atoms with Gasteiger partial charge in [-0.2, -0.15) is 0 Å².